The van der Waals surface area contributed by atoms with E-state index in [2.05, 4.69) is 15.4 Å². The van der Waals surface area contributed by atoms with E-state index in [-0.39, 0.29) is 17.3 Å². The predicted molar refractivity (Wildman–Crippen MR) is 71.5 cm³/mol. The second-order valence-corrected chi connectivity index (χ2v) is 4.39. The van der Waals surface area contributed by atoms with E-state index < -0.39 is 5.97 Å². The van der Waals surface area contributed by atoms with Gasteiger partial charge in [-0.25, -0.2) is 9.78 Å². The summed E-state index contributed by atoms with van der Waals surface area (Å²) in [6, 6.07) is 1.63. The summed E-state index contributed by atoms with van der Waals surface area (Å²) in [6.45, 7) is 4.04. The molecule has 0 aliphatic heterocycles. The quantitative estimate of drug-likeness (QED) is 0.775. The van der Waals surface area contributed by atoms with Crippen LogP contribution in [0.1, 0.15) is 30.2 Å². The van der Waals surface area contributed by atoms with E-state index in [9.17, 15) is 4.79 Å². The molecule has 4 N–H and O–H groups in total. The molecular formula is C12H15N5O2. The number of aromatic carboxylic acids is 1. The first kappa shape index (κ1) is 12.9. The molecule has 2 heterocycles. The molecule has 100 valence electrons. The van der Waals surface area contributed by atoms with Gasteiger partial charge in [0.05, 0.1) is 23.1 Å². The molecule has 0 amide bonds. The Balaban J connectivity index is 2.20. The molecule has 0 aromatic carbocycles. The Kier molecular flexibility index (Phi) is 3.37. The van der Waals surface area contributed by atoms with Gasteiger partial charge in [0, 0.05) is 18.4 Å². The van der Waals surface area contributed by atoms with Crippen LogP contribution in [0, 0.1) is 0 Å². The van der Waals surface area contributed by atoms with Crippen LogP contribution in [0.25, 0.3) is 0 Å². The van der Waals surface area contributed by atoms with Gasteiger partial charge in [-0.15, -0.1) is 0 Å². The highest BCUT2D eigenvalue weighted by molar-refractivity contribution is 5.89. The summed E-state index contributed by atoms with van der Waals surface area (Å²) < 4.78 is 1.80. The van der Waals surface area contributed by atoms with Gasteiger partial charge in [0.2, 0.25) is 0 Å². The van der Waals surface area contributed by atoms with Crippen molar-refractivity contribution in [3.63, 3.8) is 0 Å². The van der Waals surface area contributed by atoms with Crippen LogP contribution in [0.5, 0.6) is 0 Å². The maximum Gasteiger partial charge on any atom is 0.337 e. The topological polar surface area (TPSA) is 106 Å². The normalized spacial score (nSPS) is 10.7. The van der Waals surface area contributed by atoms with Gasteiger partial charge in [-0.3, -0.25) is 4.68 Å². The Morgan fingerprint density at radius 3 is 2.74 bits per heavy atom. The standard InChI is InChI=1S/C12H15N5O2/c1-7(2)17-6-9(5-15-17)16-11-10(13)3-8(4-14-11)12(18)19/h3-7H,13H2,1-2H3,(H,14,16)(H,18,19). The second-order valence-electron chi connectivity index (χ2n) is 4.39. The first-order valence-corrected chi connectivity index (χ1v) is 5.77. The molecule has 0 unspecified atom stereocenters. The molecule has 0 aliphatic rings. The predicted octanol–water partition coefficient (Wildman–Crippen LogP) is 1.88. The number of carboxylic acids is 1. The average molecular weight is 261 g/mol. The van der Waals surface area contributed by atoms with Crippen molar-refractivity contribution >= 4 is 23.2 Å². The lowest BCUT2D eigenvalue weighted by Crippen LogP contribution is -2.03. The molecule has 0 bridgehead atoms. The van der Waals surface area contributed by atoms with E-state index in [1.807, 2.05) is 20.0 Å². The van der Waals surface area contributed by atoms with Crippen LogP contribution in [0.3, 0.4) is 0 Å². The monoisotopic (exact) mass is 261 g/mol. The van der Waals surface area contributed by atoms with Gasteiger partial charge in [-0.05, 0) is 19.9 Å². The van der Waals surface area contributed by atoms with E-state index in [0.717, 1.165) is 5.69 Å². The summed E-state index contributed by atoms with van der Waals surface area (Å²) in [7, 11) is 0. The summed E-state index contributed by atoms with van der Waals surface area (Å²) in [4.78, 5) is 14.8. The molecular weight excluding hydrogens is 246 g/mol. The van der Waals surface area contributed by atoms with Gasteiger partial charge in [0.1, 0.15) is 0 Å². The Morgan fingerprint density at radius 2 is 2.21 bits per heavy atom. The fourth-order valence-electron chi connectivity index (χ4n) is 1.52. The van der Waals surface area contributed by atoms with Crippen molar-refractivity contribution in [2.45, 2.75) is 19.9 Å². The van der Waals surface area contributed by atoms with Gasteiger partial charge >= 0.3 is 5.97 Å². The Bertz CT molecular complexity index is 606. The second kappa shape index (κ2) is 4.97. The molecule has 0 saturated heterocycles. The van der Waals surface area contributed by atoms with Crippen molar-refractivity contribution in [2.75, 3.05) is 11.1 Å². The fourth-order valence-corrected chi connectivity index (χ4v) is 1.52. The number of aromatic nitrogens is 3. The van der Waals surface area contributed by atoms with Crippen LogP contribution in [0.2, 0.25) is 0 Å². The zero-order valence-electron chi connectivity index (χ0n) is 10.7. The number of nitrogens with one attached hydrogen (secondary N) is 1. The number of hydrogen-bond donors (Lipinski definition) is 3. The highest BCUT2D eigenvalue weighted by Crippen LogP contribution is 2.21. The van der Waals surface area contributed by atoms with Gasteiger partial charge < -0.3 is 16.2 Å². The average Bonchev–Trinajstić information content (AvgIpc) is 2.80. The summed E-state index contributed by atoms with van der Waals surface area (Å²) >= 11 is 0. The summed E-state index contributed by atoms with van der Waals surface area (Å²) in [5, 5.41) is 16.0. The third-order valence-electron chi connectivity index (χ3n) is 2.56. The van der Waals surface area contributed by atoms with Crippen molar-refractivity contribution < 1.29 is 9.90 Å². The summed E-state index contributed by atoms with van der Waals surface area (Å²) in [5.41, 5.74) is 6.84. The van der Waals surface area contributed by atoms with Gasteiger partial charge in [0.15, 0.2) is 5.82 Å². The molecule has 0 spiro atoms. The molecule has 0 fully saturated rings. The van der Waals surface area contributed by atoms with Crippen LogP contribution >= 0.6 is 0 Å². The number of hydrogen-bond acceptors (Lipinski definition) is 5. The minimum absolute atomic E-state index is 0.0564. The lowest BCUT2D eigenvalue weighted by molar-refractivity contribution is 0.0696. The van der Waals surface area contributed by atoms with Gasteiger partial charge in [-0.2, -0.15) is 5.10 Å². The number of nitrogen functional groups attached to an aromatic ring is 1. The van der Waals surface area contributed by atoms with Crippen LogP contribution in [-0.4, -0.2) is 25.8 Å². The van der Waals surface area contributed by atoms with Crippen molar-refractivity contribution in [2.24, 2.45) is 0 Å². The Morgan fingerprint density at radius 1 is 1.47 bits per heavy atom. The van der Waals surface area contributed by atoms with Crippen molar-refractivity contribution in [1.82, 2.24) is 14.8 Å². The van der Waals surface area contributed by atoms with Crippen molar-refractivity contribution in [3.8, 4) is 0 Å². The maximum atomic E-state index is 10.8. The van der Waals surface area contributed by atoms with Gasteiger partial charge in [-0.1, -0.05) is 0 Å². The van der Waals surface area contributed by atoms with Crippen LogP contribution < -0.4 is 11.1 Å². The lowest BCUT2D eigenvalue weighted by atomic mass is 10.2. The summed E-state index contributed by atoms with van der Waals surface area (Å²) in [6.07, 6.45) is 4.75. The molecule has 7 nitrogen and oxygen atoms in total. The zero-order valence-corrected chi connectivity index (χ0v) is 10.7. The molecule has 0 saturated carbocycles. The first-order chi connectivity index (χ1) is 8.97. The number of pyridine rings is 1. The van der Waals surface area contributed by atoms with E-state index in [1.54, 1.807) is 10.9 Å². The number of carboxylic acid groups (broad SMARTS) is 1. The van der Waals surface area contributed by atoms with E-state index in [0.29, 0.717) is 5.82 Å². The van der Waals surface area contributed by atoms with Crippen LogP contribution in [0.15, 0.2) is 24.7 Å². The molecule has 0 aliphatic carbocycles. The van der Waals surface area contributed by atoms with Gasteiger partial charge in [0.25, 0.3) is 0 Å². The zero-order chi connectivity index (χ0) is 14.0. The molecule has 2 rings (SSSR count). The van der Waals surface area contributed by atoms with Crippen molar-refractivity contribution in [3.05, 3.63) is 30.2 Å². The molecule has 19 heavy (non-hydrogen) atoms. The summed E-state index contributed by atoms with van der Waals surface area (Å²) in [5.74, 6) is -0.647. The molecule has 0 radical (unpaired) electrons. The Labute approximate surface area is 110 Å². The third-order valence-corrected chi connectivity index (χ3v) is 2.56. The van der Waals surface area contributed by atoms with E-state index in [4.69, 9.17) is 10.8 Å². The first-order valence-electron chi connectivity index (χ1n) is 5.77. The largest absolute Gasteiger partial charge is 0.478 e. The third kappa shape index (κ3) is 2.82. The van der Waals surface area contributed by atoms with Crippen molar-refractivity contribution in [1.29, 1.82) is 0 Å². The minimum atomic E-state index is -1.06. The van der Waals surface area contributed by atoms with Crippen LogP contribution in [0.4, 0.5) is 17.2 Å². The fraction of sp³-hybridized carbons (Fsp3) is 0.250. The van der Waals surface area contributed by atoms with E-state index >= 15 is 0 Å². The molecule has 2 aromatic rings. The number of anilines is 3. The molecule has 0 atom stereocenters. The highest BCUT2D eigenvalue weighted by Gasteiger charge is 2.09. The molecule has 2 aromatic heterocycles. The van der Waals surface area contributed by atoms with E-state index in [1.165, 1.54) is 12.3 Å². The van der Waals surface area contributed by atoms with Crippen LogP contribution in [-0.2, 0) is 0 Å². The number of carbonyl (C=O) groups is 1. The number of rotatable bonds is 4. The highest BCUT2D eigenvalue weighted by atomic mass is 16.4. The number of nitrogens with two attached hydrogens (primary N) is 1. The smallest absolute Gasteiger partial charge is 0.337 e. The number of nitrogens with zero attached hydrogens (tertiary/aromatic N) is 3. The maximum absolute atomic E-state index is 10.8. The SMILES string of the molecule is CC(C)n1cc(Nc2ncc(C(=O)O)cc2N)cn1. The minimum Gasteiger partial charge on any atom is -0.478 e. The lowest BCUT2D eigenvalue weighted by Gasteiger charge is -2.07. The Hall–Kier alpha value is -2.57. The molecule has 7 heteroatoms.